The summed E-state index contributed by atoms with van der Waals surface area (Å²) in [4.78, 5) is 4.34. The third-order valence-electron chi connectivity index (χ3n) is 2.01. The summed E-state index contributed by atoms with van der Waals surface area (Å²) in [5, 5.41) is 15.2. The average Bonchev–Trinajstić information content (AvgIpc) is 2.95. The van der Waals surface area contributed by atoms with E-state index in [1.165, 1.54) is 11.3 Å². The lowest BCUT2D eigenvalue weighted by Crippen LogP contribution is -1.64. The van der Waals surface area contributed by atoms with Gasteiger partial charge in [0.1, 0.15) is 0 Å². The zero-order chi connectivity index (χ0) is 10.8. The molecule has 1 N–H and O–H groups in total. The van der Waals surface area contributed by atoms with Crippen LogP contribution in [0.5, 0.6) is 0 Å². The Hall–Kier alpha value is -2.08. The van der Waals surface area contributed by atoms with E-state index in [0.717, 1.165) is 10.2 Å². The van der Waals surface area contributed by atoms with Gasteiger partial charge in [-0.05, 0) is 12.1 Å². The number of hydrogen-bond acceptors (Lipinski definition) is 5. The van der Waals surface area contributed by atoms with Gasteiger partial charge in [-0.25, -0.2) is 4.98 Å². The lowest BCUT2D eigenvalue weighted by atomic mass is 10.3. The van der Waals surface area contributed by atoms with Gasteiger partial charge >= 0.3 is 0 Å². The molecule has 0 amide bonds. The van der Waals surface area contributed by atoms with Crippen LogP contribution >= 0.6 is 11.3 Å². The molecule has 0 radical (unpaired) electrons. The van der Waals surface area contributed by atoms with Gasteiger partial charge in [0.2, 0.25) is 5.13 Å². The van der Waals surface area contributed by atoms with E-state index in [1.807, 2.05) is 24.3 Å². The van der Waals surface area contributed by atoms with Crippen molar-refractivity contribution in [1.82, 2.24) is 15.2 Å². The van der Waals surface area contributed by atoms with Gasteiger partial charge in [-0.2, -0.15) is 5.10 Å². The molecular formula is C10H7N5S. The van der Waals surface area contributed by atoms with E-state index >= 15 is 0 Å². The second kappa shape index (κ2) is 3.82. The number of azo groups is 1. The van der Waals surface area contributed by atoms with Crippen LogP contribution in [0.1, 0.15) is 0 Å². The number of aromatic amines is 1. The van der Waals surface area contributed by atoms with Crippen molar-refractivity contribution in [3.05, 3.63) is 36.5 Å². The first-order valence-electron chi connectivity index (χ1n) is 4.68. The molecule has 0 bridgehead atoms. The Balaban J connectivity index is 1.95. The van der Waals surface area contributed by atoms with Crippen LogP contribution in [0.3, 0.4) is 0 Å². The van der Waals surface area contributed by atoms with Gasteiger partial charge in [-0.1, -0.05) is 23.5 Å². The molecule has 0 saturated carbocycles. The highest BCUT2D eigenvalue weighted by Crippen LogP contribution is 2.28. The summed E-state index contributed by atoms with van der Waals surface area (Å²) >= 11 is 1.51. The third-order valence-corrected chi connectivity index (χ3v) is 2.93. The van der Waals surface area contributed by atoms with Crippen LogP contribution in [0, 0.1) is 0 Å². The summed E-state index contributed by atoms with van der Waals surface area (Å²) in [6.45, 7) is 0. The van der Waals surface area contributed by atoms with Crippen molar-refractivity contribution >= 4 is 32.5 Å². The van der Waals surface area contributed by atoms with E-state index < -0.39 is 0 Å². The van der Waals surface area contributed by atoms with Crippen molar-refractivity contribution in [2.75, 3.05) is 0 Å². The summed E-state index contributed by atoms with van der Waals surface area (Å²) in [6, 6.07) is 9.66. The fraction of sp³-hybridized carbons (Fsp3) is 0. The Morgan fingerprint density at radius 1 is 1.12 bits per heavy atom. The van der Waals surface area contributed by atoms with Crippen molar-refractivity contribution in [3.63, 3.8) is 0 Å². The van der Waals surface area contributed by atoms with Crippen molar-refractivity contribution in [1.29, 1.82) is 0 Å². The summed E-state index contributed by atoms with van der Waals surface area (Å²) < 4.78 is 1.11. The Bertz CT molecular complexity index is 593. The zero-order valence-corrected chi connectivity index (χ0v) is 8.98. The molecule has 2 aromatic heterocycles. The predicted octanol–water partition coefficient (Wildman–Crippen LogP) is 3.43. The minimum atomic E-state index is 0.624. The smallest absolute Gasteiger partial charge is 0.231 e. The van der Waals surface area contributed by atoms with Crippen LogP contribution in [0.25, 0.3) is 10.2 Å². The van der Waals surface area contributed by atoms with E-state index in [2.05, 4.69) is 25.4 Å². The molecule has 1 aromatic carbocycles. The molecule has 0 fully saturated rings. The number of hydrogen-bond donors (Lipinski definition) is 1. The van der Waals surface area contributed by atoms with Gasteiger partial charge in [0.15, 0.2) is 5.82 Å². The van der Waals surface area contributed by atoms with E-state index in [1.54, 1.807) is 12.3 Å². The van der Waals surface area contributed by atoms with Crippen molar-refractivity contribution in [3.8, 4) is 0 Å². The van der Waals surface area contributed by atoms with Crippen molar-refractivity contribution < 1.29 is 0 Å². The van der Waals surface area contributed by atoms with Crippen LogP contribution in [0.2, 0.25) is 0 Å². The summed E-state index contributed by atoms with van der Waals surface area (Å²) in [7, 11) is 0. The minimum absolute atomic E-state index is 0.624. The largest absolute Gasteiger partial charge is 0.260 e. The maximum Gasteiger partial charge on any atom is 0.231 e. The minimum Gasteiger partial charge on any atom is -0.260 e. The number of rotatable bonds is 2. The van der Waals surface area contributed by atoms with Gasteiger partial charge in [0, 0.05) is 6.07 Å². The number of fused-ring (bicyclic) bond motifs is 1. The maximum atomic E-state index is 4.34. The fourth-order valence-corrected chi connectivity index (χ4v) is 2.09. The Kier molecular flexibility index (Phi) is 2.19. The fourth-order valence-electron chi connectivity index (χ4n) is 1.30. The molecule has 0 saturated heterocycles. The van der Waals surface area contributed by atoms with E-state index in [4.69, 9.17) is 0 Å². The highest BCUT2D eigenvalue weighted by Gasteiger charge is 2.01. The highest BCUT2D eigenvalue weighted by molar-refractivity contribution is 7.21. The maximum absolute atomic E-state index is 4.34. The molecule has 16 heavy (non-hydrogen) atoms. The first-order chi connectivity index (χ1) is 7.92. The average molecular weight is 229 g/mol. The van der Waals surface area contributed by atoms with Gasteiger partial charge in [0.25, 0.3) is 0 Å². The number of benzene rings is 1. The molecule has 3 aromatic rings. The molecule has 5 nitrogen and oxygen atoms in total. The molecule has 0 aliphatic heterocycles. The van der Waals surface area contributed by atoms with Gasteiger partial charge in [0.05, 0.1) is 16.4 Å². The second-order valence-electron chi connectivity index (χ2n) is 3.11. The predicted molar refractivity (Wildman–Crippen MR) is 62.4 cm³/mol. The van der Waals surface area contributed by atoms with Crippen LogP contribution in [-0.4, -0.2) is 15.2 Å². The highest BCUT2D eigenvalue weighted by atomic mass is 32.1. The molecule has 0 aliphatic carbocycles. The van der Waals surface area contributed by atoms with E-state index in [9.17, 15) is 0 Å². The number of nitrogens with one attached hydrogen (secondary N) is 1. The lowest BCUT2D eigenvalue weighted by molar-refractivity contribution is 1.05. The van der Waals surface area contributed by atoms with Crippen LogP contribution < -0.4 is 0 Å². The Morgan fingerprint density at radius 3 is 2.88 bits per heavy atom. The number of para-hydroxylation sites is 1. The molecule has 3 rings (SSSR count). The van der Waals surface area contributed by atoms with Gasteiger partial charge in [-0.15, -0.1) is 10.2 Å². The summed E-state index contributed by atoms with van der Waals surface area (Å²) in [5.74, 6) is 0.624. The molecule has 0 spiro atoms. The SMILES string of the molecule is c1ccc2sc(N=Nc3ccn[nH]3)nc2c1. The van der Waals surface area contributed by atoms with Crippen molar-refractivity contribution in [2.45, 2.75) is 0 Å². The normalized spacial score (nSPS) is 11.5. The van der Waals surface area contributed by atoms with Crippen LogP contribution in [0.15, 0.2) is 46.8 Å². The standard InChI is InChI=1S/C10H7N5S/c1-2-4-8-7(3-1)12-10(16-8)15-14-9-5-6-11-13-9/h1-6H,(H,11,13). The zero-order valence-electron chi connectivity index (χ0n) is 8.16. The molecule has 78 valence electrons. The first-order valence-corrected chi connectivity index (χ1v) is 5.50. The second-order valence-corrected chi connectivity index (χ2v) is 4.12. The first kappa shape index (κ1) is 9.17. The monoisotopic (exact) mass is 229 g/mol. The van der Waals surface area contributed by atoms with E-state index in [0.29, 0.717) is 10.9 Å². The van der Waals surface area contributed by atoms with Crippen molar-refractivity contribution in [2.24, 2.45) is 10.2 Å². The molecule has 0 atom stereocenters. The third kappa shape index (κ3) is 1.70. The molecule has 0 unspecified atom stereocenters. The number of aromatic nitrogens is 3. The van der Waals surface area contributed by atoms with Crippen LogP contribution in [-0.2, 0) is 0 Å². The Morgan fingerprint density at radius 2 is 2.06 bits per heavy atom. The van der Waals surface area contributed by atoms with E-state index in [-0.39, 0.29) is 0 Å². The molecule has 0 aliphatic rings. The quantitative estimate of drug-likeness (QED) is 0.684. The molecular weight excluding hydrogens is 222 g/mol. The Labute approximate surface area is 94.9 Å². The molecule has 6 heteroatoms. The van der Waals surface area contributed by atoms with Gasteiger partial charge in [-0.3, -0.25) is 5.10 Å². The topological polar surface area (TPSA) is 66.3 Å². The number of nitrogens with zero attached hydrogens (tertiary/aromatic N) is 4. The molecule has 2 heterocycles. The summed E-state index contributed by atoms with van der Waals surface area (Å²) in [5.41, 5.74) is 0.950. The van der Waals surface area contributed by atoms with Gasteiger partial charge < -0.3 is 0 Å². The summed E-state index contributed by atoms with van der Waals surface area (Å²) in [6.07, 6.45) is 1.63. The number of H-pyrrole nitrogens is 1. The van der Waals surface area contributed by atoms with Crippen LogP contribution in [0.4, 0.5) is 10.9 Å². The number of thiazole rings is 1. The lowest BCUT2D eigenvalue weighted by Gasteiger charge is -1.81.